The smallest absolute Gasteiger partial charge is 0.331 e. The van der Waals surface area contributed by atoms with Crippen molar-refractivity contribution in [3.05, 3.63) is 29.8 Å². The van der Waals surface area contributed by atoms with Gasteiger partial charge in [0.15, 0.2) is 5.54 Å². The Balaban J connectivity index is 2.06. The third-order valence-corrected chi connectivity index (χ3v) is 4.59. The highest BCUT2D eigenvalue weighted by Gasteiger charge is 2.41. The Labute approximate surface area is 153 Å². The van der Waals surface area contributed by atoms with Gasteiger partial charge in [0.2, 0.25) is 11.8 Å². The van der Waals surface area contributed by atoms with Crippen LogP contribution in [-0.4, -0.2) is 48.7 Å². The summed E-state index contributed by atoms with van der Waals surface area (Å²) >= 11 is 0. The molecule has 0 aliphatic carbocycles. The number of carboxylic acid groups (broad SMARTS) is 1. The van der Waals surface area contributed by atoms with Crippen LogP contribution >= 0.6 is 0 Å². The Bertz CT molecular complexity index is 673. The van der Waals surface area contributed by atoms with Gasteiger partial charge in [-0.15, -0.1) is 0 Å². The number of anilines is 1. The lowest BCUT2D eigenvalue weighted by atomic mass is 10.0. The van der Waals surface area contributed by atoms with Crippen LogP contribution in [0.3, 0.4) is 0 Å². The van der Waals surface area contributed by atoms with Gasteiger partial charge in [0.1, 0.15) is 0 Å². The molecule has 1 aromatic rings. The lowest BCUT2D eigenvalue weighted by Gasteiger charge is -2.26. The molecule has 1 saturated heterocycles. The minimum Gasteiger partial charge on any atom is -0.479 e. The first kappa shape index (κ1) is 19.9. The van der Waals surface area contributed by atoms with E-state index in [2.05, 4.69) is 12.2 Å². The molecule has 0 bridgehead atoms. The lowest BCUT2D eigenvalue weighted by Crippen LogP contribution is -2.56. The van der Waals surface area contributed by atoms with Gasteiger partial charge in [0.25, 0.3) is 0 Å². The Morgan fingerprint density at radius 3 is 2.54 bits per heavy atom. The highest BCUT2D eigenvalue weighted by Crippen LogP contribution is 2.26. The minimum atomic E-state index is -1.52. The van der Waals surface area contributed by atoms with Gasteiger partial charge in [-0.3, -0.25) is 9.59 Å². The summed E-state index contributed by atoms with van der Waals surface area (Å²) in [5, 5.41) is 11.8. The second kappa shape index (κ2) is 8.31. The number of nitrogens with zero attached hydrogens (tertiary/aromatic N) is 1. The molecule has 1 aromatic carbocycles. The van der Waals surface area contributed by atoms with Gasteiger partial charge in [-0.1, -0.05) is 25.5 Å². The van der Waals surface area contributed by atoms with Crippen molar-refractivity contribution < 1.29 is 24.2 Å². The standard InChI is InChI=1S/C19H26N2O5/c1-4-5-13-6-8-15(9-7-13)21-11-14(10-16(21)22)17(23)20-19(2,12-26-3)18(24)25/h6-9,14H,4-5,10-12H2,1-3H3,(H,20,23)(H,24,25). The summed E-state index contributed by atoms with van der Waals surface area (Å²) in [6, 6.07) is 7.74. The Kier molecular flexibility index (Phi) is 6.37. The molecule has 2 amide bonds. The zero-order valence-corrected chi connectivity index (χ0v) is 15.4. The van der Waals surface area contributed by atoms with E-state index in [4.69, 9.17) is 4.74 Å². The van der Waals surface area contributed by atoms with Gasteiger partial charge in [-0.05, 0) is 31.0 Å². The predicted molar refractivity (Wildman–Crippen MR) is 97.0 cm³/mol. The monoisotopic (exact) mass is 362 g/mol. The molecule has 0 aromatic heterocycles. The van der Waals surface area contributed by atoms with E-state index in [9.17, 15) is 19.5 Å². The summed E-state index contributed by atoms with van der Waals surface area (Å²) in [7, 11) is 1.37. The van der Waals surface area contributed by atoms with Crippen molar-refractivity contribution >= 4 is 23.5 Å². The van der Waals surface area contributed by atoms with Crippen molar-refractivity contribution in [1.29, 1.82) is 0 Å². The van der Waals surface area contributed by atoms with Crippen LogP contribution in [0.5, 0.6) is 0 Å². The maximum atomic E-state index is 12.5. The summed E-state index contributed by atoms with van der Waals surface area (Å²) in [4.78, 5) is 37.8. The number of carboxylic acids is 1. The normalized spacial score (nSPS) is 19.3. The topological polar surface area (TPSA) is 95.9 Å². The van der Waals surface area contributed by atoms with Gasteiger partial charge in [0.05, 0.1) is 12.5 Å². The van der Waals surface area contributed by atoms with Crippen LogP contribution < -0.4 is 10.2 Å². The molecule has 142 valence electrons. The van der Waals surface area contributed by atoms with Crippen molar-refractivity contribution in [2.75, 3.05) is 25.2 Å². The van der Waals surface area contributed by atoms with E-state index in [1.807, 2.05) is 24.3 Å². The SMILES string of the molecule is CCCc1ccc(N2CC(C(=O)NC(C)(COC)C(=O)O)CC2=O)cc1. The van der Waals surface area contributed by atoms with Crippen LogP contribution in [0.1, 0.15) is 32.3 Å². The van der Waals surface area contributed by atoms with E-state index in [0.717, 1.165) is 18.5 Å². The average Bonchev–Trinajstić information content (AvgIpc) is 2.98. The minimum absolute atomic E-state index is 0.0607. The number of benzene rings is 1. The Morgan fingerprint density at radius 2 is 2.00 bits per heavy atom. The lowest BCUT2D eigenvalue weighted by molar-refractivity contribution is -0.149. The quantitative estimate of drug-likeness (QED) is 0.732. The van der Waals surface area contributed by atoms with Crippen LogP contribution in [0.4, 0.5) is 5.69 Å². The molecule has 0 spiro atoms. The average molecular weight is 362 g/mol. The van der Waals surface area contributed by atoms with Crippen molar-refractivity contribution in [2.24, 2.45) is 5.92 Å². The highest BCUT2D eigenvalue weighted by molar-refractivity contribution is 6.01. The molecule has 0 saturated carbocycles. The first-order valence-corrected chi connectivity index (χ1v) is 8.74. The van der Waals surface area contributed by atoms with Crippen LogP contribution in [0.2, 0.25) is 0 Å². The maximum Gasteiger partial charge on any atom is 0.331 e. The molecular formula is C19H26N2O5. The number of carbonyl (C=O) groups excluding carboxylic acids is 2. The summed E-state index contributed by atoms with van der Waals surface area (Å²) in [5.74, 6) is -2.36. The number of aryl methyl sites for hydroxylation is 1. The van der Waals surface area contributed by atoms with Gasteiger partial charge < -0.3 is 20.1 Å². The molecule has 1 aliphatic heterocycles. The first-order valence-electron chi connectivity index (χ1n) is 8.74. The van der Waals surface area contributed by atoms with Crippen molar-refractivity contribution in [3.63, 3.8) is 0 Å². The molecule has 26 heavy (non-hydrogen) atoms. The molecule has 2 atom stereocenters. The number of hydrogen-bond acceptors (Lipinski definition) is 4. The molecule has 2 unspecified atom stereocenters. The molecule has 2 rings (SSSR count). The van der Waals surface area contributed by atoms with Crippen molar-refractivity contribution in [2.45, 2.75) is 38.6 Å². The van der Waals surface area contributed by atoms with E-state index in [-0.39, 0.29) is 25.5 Å². The molecule has 0 radical (unpaired) electrons. The molecular weight excluding hydrogens is 336 g/mol. The number of carbonyl (C=O) groups is 3. The van der Waals surface area contributed by atoms with Crippen molar-refractivity contribution in [3.8, 4) is 0 Å². The van der Waals surface area contributed by atoms with Gasteiger partial charge >= 0.3 is 5.97 Å². The summed E-state index contributed by atoms with van der Waals surface area (Å²) < 4.78 is 4.90. The van der Waals surface area contributed by atoms with E-state index in [1.165, 1.54) is 19.6 Å². The zero-order valence-electron chi connectivity index (χ0n) is 15.4. The molecule has 7 heteroatoms. The number of nitrogens with one attached hydrogen (secondary N) is 1. The zero-order chi connectivity index (χ0) is 19.3. The second-order valence-corrected chi connectivity index (χ2v) is 6.88. The summed E-state index contributed by atoms with van der Waals surface area (Å²) in [6.07, 6.45) is 2.09. The molecule has 2 N–H and O–H groups in total. The maximum absolute atomic E-state index is 12.5. The number of rotatable bonds is 8. The van der Waals surface area contributed by atoms with E-state index < -0.39 is 23.3 Å². The molecule has 1 heterocycles. The number of amides is 2. The molecule has 1 fully saturated rings. The van der Waals surface area contributed by atoms with Crippen LogP contribution in [0.25, 0.3) is 0 Å². The third kappa shape index (κ3) is 4.40. The van der Waals surface area contributed by atoms with Crippen molar-refractivity contribution in [1.82, 2.24) is 5.32 Å². The van der Waals surface area contributed by atoms with Crippen LogP contribution in [0, 0.1) is 5.92 Å². The summed E-state index contributed by atoms with van der Waals surface area (Å²) in [6.45, 7) is 3.57. The second-order valence-electron chi connectivity index (χ2n) is 6.88. The fraction of sp³-hybridized carbons (Fsp3) is 0.526. The Hall–Kier alpha value is -2.41. The first-order chi connectivity index (χ1) is 12.3. The number of ether oxygens (including phenoxy) is 1. The number of methoxy groups -OCH3 is 1. The third-order valence-electron chi connectivity index (χ3n) is 4.59. The van der Waals surface area contributed by atoms with E-state index in [1.54, 1.807) is 4.90 Å². The predicted octanol–water partition coefficient (Wildman–Crippen LogP) is 1.60. The summed E-state index contributed by atoms with van der Waals surface area (Å²) in [5.41, 5.74) is 0.432. The van der Waals surface area contributed by atoms with Gasteiger partial charge in [-0.2, -0.15) is 0 Å². The fourth-order valence-corrected chi connectivity index (χ4v) is 3.08. The molecule has 1 aliphatic rings. The number of aliphatic carboxylic acids is 1. The van der Waals surface area contributed by atoms with E-state index >= 15 is 0 Å². The largest absolute Gasteiger partial charge is 0.479 e. The van der Waals surface area contributed by atoms with E-state index in [0.29, 0.717) is 0 Å². The van der Waals surface area contributed by atoms with Crippen LogP contribution in [0.15, 0.2) is 24.3 Å². The highest BCUT2D eigenvalue weighted by atomic mass is 16.5. The fourth-order valence-electron chi connectivity index (χ4n) is 3.08. The van der Waals surface area contributed by atoms with Gasteiger partial charge in [0, 0.05) is 25.8 Å². The van der Waals surface area contributed by atoms with Gasteiger partial charge in [-0.25, -0.2) is 4.79 Å². The molecule has 7 nitrogen and oxygen atoms in total. The number of hydrogen-bond donors (Lipinski definition) is 2. The van der Waals surface area contributed by atoms with Crippen LogP contribution in [-0.2, 0) is 25.5 Å². The Morgan fingerprint density at radius 1 is 1.35 bits per heavy atom.